The van der Waals surface area contributed by atoms with E-state index in [0.717, 1.165) is 18.2 Å². The summed E-state index contributed by atoms with van der Waals surface area (Å²) in [5, 5.41) is 0. The molecule has 1 heterocycles. The second-order valence-electron chi connectivity index (χ2n) is 3.44. The molecule has 0 aliphatic carbocycles. The van der Waals surface area contributed by atoms with E-state index in [4.69, 9.17) is 0 Å². The molecule has 5 heteroatoms. The van der Waals surface area contributed by atoms with Crippen molar-refractivity contribution < 1.29 is 13.6 Å². The smallest absolute Gasteiger partial charge is 0.214 e. The summed E-state index contributed by atoms with van der Waals surface area (Å²) in [6.45, 7) is 1.61. The molecule has 1 aromatic carbocycles. The summed E-state index contributed by atoms with van der Waals surface area (Å²) in [6, 6.07) is 4.09. The topological polar surface area (TPSA) is 42.9 Å². The highest BCUT2D eigenvalue weighted by atomic mass is 19.1. The van der Waals surface area contributed by atoms with Crippen LogP contribution in [0.15, 0.2) is 30.5 Å². The predicted molar refractivity (Wildman–Crippen MR) is 56.6 cm³/mol. The highest BCUT2D eigenvalue weighted by Gasteiger charge is 2.16. The molecular weight excluding hydrogens is 226 g/mol. The van der Waals surface area contributed by atoms with Gasteiger partial charge in [-0.2, -0.15) is 0 Å². The van der Waals surface area contributed by atoms with Crippen molar-refractivity contribution in [3.8, 4) is 0 Å². The van der Waals surface area contributed by atoms with Crippen molar-refractivity contribution in [3.63, 3.8) is 0 Å². The number of hydrogen-bond acceptors (Lipinski definition) is 3. The monoisotopic (exact) mass is 234 g/mol. The maximum absolute atomic E-state index is 13.4. The number of halogens is 2. The van der Waals surface area contributed by atoms with E-state index < -0.39 is 17.4 Å². The number of carbonyl (C=O) groups excluding carboxylic acids is 1. The van der Waals surface area contributed by atoms with E-state index in [-0.39, 0.29) is 11.3 Å². The fraction of sp³-hybridized carbons (Fsp3) is 0.0833. The van der Waals surface area contributed by atoms with Crippen LogP contribution < -0.4 is 0 Å². The molecule has 0 fully saturated rings. The maximum Gasteiger partial charge on any atom is 0.214 e. The third kappa shape index (κ3) is 2.33. The van der Waals surface area contributed by atoms with Gasteiger partial charge in [-0.1, -0.05) is 0 Å². The molecular formula is C12H8F2N2O. The number of nitrogens with zero attached hydrogens (tertiary/aromatic N) is 2. The summed E-state index contributed by atoms with van der Waals surface area (Å²) >= 11 is 0. The molecule has 1 aromatic heterocycles. The zero-order chi connectivity index (χ0) is 12.4. The van der Waals surface area contributed by atoms with Gasteiger partial charge in [-0.3, -0.25) is 4.79 Å². The Hall–Kier alpha value is -2.17. The standard InChI is InChI=1S/C12H8F2N2O/c1-7-15-5-4-11(16-7)12(17)9-6-8(13)2-3-10(9)14/h2-6H,1H3. The molecule has 0 radical (unpaired) electrons. The van der Waals surface area contributed by atoms with Crippen LogP contribution in [0, 0.1) is 18.6 Å². The highest BCUT2D eigenvalue weighted by Crippen LogP contribution is 2.13. The van der Waals surface area contributed by atoms with E-state index >= 15 is 0 Å². The lowest BCUT2D eigenvalue weighted by Crippen LogP contribution is -2.08. The number of aryl methyl sites for hydroxylation is 1. The molecule has 86 valence electrons. The molecule has 0 spiro atoms. The number of carbonyl (C=O) groups is 1. The van der Waals surface area contributed by atoms with Crippen LogP contribution in [0.2, 0.25) is 0 Å². The van der Waals surface area contributed by atoms with Crippen LogP contribution in [0.5, 0.6) is 0 Å². The fourth-order valence-electron chi connectivity index (χ4n) is 1.39. The molecule has 0 saturated heterocycles. The lowest BCUT2D eigenvalue weighted by atomic mass is 10.1. The van der Waals surface area contributed by atoms with Gasteiger partial charge in [0.05, 0.1) is 5.56 Å². The first kappa shape index (κ1) is 11.3. The lowest BCUT2D eigenvalue weighted by molar-refractivity contribution is 0.102. The van der Waals surface area contributed by atoms with Crippen LogP contribution in [0.4, 0.5) is 8.78 Å². The van der Waals surface area contributed by atoms with Crippen molar-refractivity contribution in [2.45, 2.75) is 6.92 Å². The average Bonchev–Trinajstić information content (AvgIpc) is 2.31. The van der Waals surface area contributed by atoms with Crippen LogP contribution in [0.3, 0.4) is 0 Å². The normalized spacial score (nSPS) is 10.3. The van der Waals surface area contributed by atoms with Gasteiger partial charge in [0, 0.05) is 6.20 Å². The minimum Gasteiger partial charge on any atom is -0.287 e. The summed E-state index contributed by atoms with van der Waals surface area (Å²) in [5.41, 5.74) is -0.287. The fourth-order valence-corrected chi connectivity index (χ4v) is 1.39. The third-order valence-electron chi connectivity index (χ3n) is 2.18. The lowest BCUT2D eigenvalue weighted by Gasteiger charge is -2.02. The van der Waals surface area contributed by atoms with Gasteiger partial charge < -0.3 is 0 Å². The third-order valence-corrected chi connectivity index (χ3v) is 2.18. The van der Waals surface area contributed by atoms with Gasteiger partial charge in [0.25, 0.3) is 0 Å². The SMILES string of the molecule is Cc1nccc(C(=O)c2cc(F)ccc2F)n1. The number of benzene rings is 1. The van der Waals surface area contributed by atoms with Gasteiger partial charge in [0.1, 0.15) is 23.2 Å². The predicted octanol–water partition coefficient (Wildman–Crippen LogP) is 2.29. The first-order valence-electron chi connectivity index (χ1n) is 4.87. The Bertz CT molecular complexity index is 584. The number of ketones is 1. The van der Waals surface area contributed by atoms with Crippen molar-refractivity contribution >= 4 is 5.78 Å². The molecule has 0 aliphatic rings. The van der Waals surface area contributed by atoms with Crippen molar-refractivity contribution in [1.29, 1.82) is 0 Å². The van der Waals surface area contributed by atoms with E-state index in [1.54, 1.807) is 6.92 Å². The Labute approximate surface area is 96.2 Å². The van der Waals surface area contributed by atoms with Crippen molar-refractivity contribution in [2.75, 3.05) is 0 Å². The van der Waals surface area contributed by atoms with Crippen molar-refractivity contribution in [2.24, 2.45) is 0 Å². The van der Waals surface area contributed by atoms with E-state index in [9.17, 15) is 13.6 Å². The van der Waals surface area contributed by atoms with E-state index in [0.29, 0.717) is 5.82 Å². The van der Waals surface area contributed by atoms with Crippen LogP contribution in [-0.2, 0) is 0 Å². The molecule has 0 N–H and O–H groups in total. The molecule has 0 bridgehead atoms. The number of rotatable bonds is 2. The van der Waals surface area contributed by atoms with E-state index in [1.807, 2.05) is 0 Å². The molecule has 0 saturated carbocycles. The van der Waals surface area contributed by atoms with Gasteiger partial charge in [-0.15, -0.1) is 0 Å². The van der Waals surface area contributed by atoms with Crippen LogP contribution >= 0.6 is 0 Å². The Morgan fingerprint density at radius 3 is 2.71 bits per heavy atom. The van der Waals surface area contributed by atoms with Gasteiger partial charge in [0.15, 0.2) is 0 Å². The number of hydrogen-bond donors (Lipinski definition) is 0. The quantitative estimate of drug-likeness (QED) is 0.749. The second kappa shape index (κ2) is 4.37. The van der Waals surface area contributed by atoms with Crippen LogP contribution in [0.1, 0.15) is 21.9 Å². The Kier molecular flexibility index (Phi) is 2.91. The zero-order valence-corrected chi connectivity index (χ0v) is 8.95. The van der Waals surface area contributed by atoms with Gasteiger partial charge in [-0.25, -0.2) is 18.7 Å². The molecule has 17 heavy (non-hydrogen) atoms. The summed E-state index contributed by atoms with van der Waals surface area (Å²) in [4.78, 5) is 19.6. The second-order valence-corrected chi connectivity index (χ2v) is 3.44. The maximum atomic E-state index is 13.4. The Balaban J connectivity index is 2.47. The molecule has 2 rings (SSSR count). The van der Waals surface area contributed by atoms with E-state index in [2.05, 4.69) is 9.97 Å². The molecule has 0 amide bonds. The first-order chi connectivity index (χ1) is 8.08. The van der Waals surface area contributed by atoms with Gasteiger partial charge in [-0.05, 0) is 31.2 Å². The number of aromatic nitrogens is 2. The van der Waals surface area contributed by atoms with Crippen LogP contribution in [-0.4, -0.2) is 15.8 Å². The Morgan fingerprint density at radius 1 is 1.24 bits per heavy atom. The van der Waals surface area contributed by atoms with Gasteiger partial charge in [0.2, 0.25) is 5.78 Å². The Morgan fingerprint density at radius 2 is 2.00 bits per heavy atom. The molecule has 0 aliphatic heterocycles. The van der Waals surface area contributed by atoms with Crippen LogP contribution in [0.25, 0.3) is 0 Å². The minimum atomic E-state index is -0.771. The molecule has 3 nitrogen and oxygen atoms in total. The molecule has 0 atom stereocenters. The summed E-state index contributed by atoms with van der Waals surface area (Å²) in [7, 11) is 0. The first-order valence-corrected chi connectivity index (χ1v) is 4.87. The summed E-state index contributed by atoms with van der Waals surface area (Å²) in [5.74, 6) is -1.70. The minimum absolute atomic E-state index is 0.0435. The van der Waals surface area contributed by atoms with Gasteiger partial charge >= 0.3 is 0 Å². The largest absolute Gasteiger partial charge is 0.287 e. The summed E-state index contributed by atoms with van der Waals surface area (Å²) in [6.07, 6.45) is 1.40. The highest BCUT2D eigenvalue weighted by molar-refractivity contribution is 6.07. The molecule has 2 aromatic rings. The van der Waals surface area contributed by atoms with E-state index in [1.165, 1.54) is 12.3 Å². The average molecular weight is 234 g/mol. The summed E-state index contributed by atoms with van der Waals surface area (Å²) < 4.78 is 26.3. The molecule has 0 unspecified atom stereocenters. The van der Waals surface area contributed by atoms with Crippen molar-refractivity contribution in [1.82, 2.24) is 9.97 Å². The van der Waals surface area contributed by atoms with Crippen molar-refractivity contribution in [3.05, 3.63) is 59.2 Å². The zero-order valence-electron chi connectivity index (χ0n) is 8.95.